The molecule has 11 nitrogen and oxygen atoms in total. The van der Waals surface area contributed by atoms with Gasteiger partial charge in [-0.05, 0) is 56.2 Å². The highest BCUT2D eigenvalue weighted by Gasteiger charge is 2.48. The van der Waals surface area contributed by atoms with Crippen LogP contribution in [0.25, 0.3) is 5.76 Å². The number of thiazole rings is 1. The van der Waals surface area contributed by atoms with Crippen LogP contribution in [0.3, 0.4) is 0 Å². The van der Waals surface area contributed by atoms with Crippen LogP contribution < -0.4 is 23.8 Å². The van der Waals surface area contributed by atoms with Gasteiger partial charge in [-0.3, -0.25) is 14.5 Å². The summed E-state index contributed by atoms with van der Waals surface area (Å²) in [4.78, 5) is 45.4. The van der Waals surface area contributed by atoms with Crippen LogP contribution >= 0.6 is 11.3 Å². The number of fused-ring (bicyclic) bond motifs is 1. The molecule has 42 heavy (non-hydrogen) atoms. The van der Waals surface area contributed by atoms with Gasteiger partial charge in [0, 0.05) is 5.56 Å². The lowest BCUT2D eigenvalue weighted by Crippen LogP contribution is -2.29. The van der Waals surface area contributed by atoms with Crippen molar-refractivity contribution in [2.45, 2.75) is 33.2 Å². The molecule has 1 amide bonds. The highest BCUT2D eigenvalue weighted by Crippen LogP contribution is 2.46. The Kier molecular flexibility index (Phi) is 8.34. The number of nitrogens with zero attached hydrogens (tertiary/aromatic N) is 2. The number of aryl methyl sites for hydroxylation is 1. The van der Waals surface area contributed by atoms with Crippen LogP contribution in [-0.2, 0) is 14.3 Å². The number of aliphatic hydroxyl groups is 1. The van der Waals surface area contributed by atoms with E-state index >= 15 is 0 Å². The second-order valence-corrected chi connectivity index (χ2v) is 10.4. The monoisotopic (exact) mass is 594 g/mol. The zero-order valence-corrected chi connectivity index (χ0v) is 24.4. The van der Waals surface area contributed by atoms with Crippen molar-refractivity contribution in [3.63, 3.8) is 0 Å². The molecule has 1 aromatic heterocycles. The average Bonchev–Trinajstić information content (AvgIpc) is 3.51. The van der Waals surface area contributed by atoms with E-state index in [2.05, 4.69) is 4.98 Å². The zero-order valence-electron chi connectivity index (χ0n) is 23.6. The molecule has 220 valence electrons. The van der Waals surface area contributed by atoms with Crippen LogP contribution in [0.2, 0.25) is 0 Å². The van der Waals surface area contributed by atoms with Crippen molar-refractivity contribution >= 4 is 39.9 Å². The lowest BCUT2D eigenvalue weighted by Gasteiger charge is -2.24. The Labute approximate surface area is 246 Å². The molecular formula is C30H30N2O9S. The van der Waals surface area contributed by atoms with Crippen molar-refractivity contribution in [3.8, 4) is 23.0 Å². The fraction of sp³-hybridized carbons (Fsp3) is 0.333. The summed E-state index contributed by atoms with van der Waals surface area (Å²) in [6, 6.07) is 8.76. The molecule has 0 saturated carbocycles. The van der Waals surface area contributed by atoms with Crippen molar-refractivity contribution in [2.75, 3.05) is 38.4 Å². The van der Waals surface area contributed by atoms with Crippen LogP contribution in [0.4, 0.5) is 5.13 Å². The number of hydrogen-bond acceptors (Lipinski definition) is 11. The SMILES string of the molecule is CCCOc1ccc([C@@H]2/C(=C(\O)c3ccc4c(c3)OCCO4)C(=O)C(=O)N2c2nc(C)c(C(=O)OC)s2)cc1OCC. The number of aromatic nitrogens is 1. The van der Waals surface area contributed by atoms with Crippen LogP contribution in [0, 0.1) is 6.92 Å². The van der Waals surface area contributed by atoms with Crippen LogP contribution in [0.1, 0.15) is 52.8 Å². The molecule has 3 aromatic rings. The van der Waals surface area contributed by atoms with Crippen molar-refractivity contribution in [2.24, 2.45) is 0 Å². The maximum Gasteiger partial charge on any atom is 0.350 e. The first-order valence-corrected chi connectivity index (χ1v) is 14.3. The number of rotatable bonds is 9. The lowest BCUT2D eigenvalue weighted by molar-refractivity contribution is -0.132. The number of benzene rings is 2. The molecule has 0 aliphatic carbocycles. The summed E-state index contributed by atoms with van der Waals surface area (Å²) >= 11 is 0.921. The topological polar surface area (TPSA) is 134 Å². The number of amides is 1. The Morgan fingerprint density at radius 3 is 2.55 bits per heavy atom. The summed E-state index contributed by atoms with van der Waals surface area (Å²) in [6.45, 7) is 6.97. The molecule has 0 unspecified atom stereocenters. The number of carbonyl (C=O) groups excluding carboxylic acids is 3. The summed E-state index contributed by atoms with van der Waals surface area (Å²) in [7, 11) is 1.25. The highest BCUT2D eigenvalue weighted by molar-refractivity contribution is 7.17. The van der Waals surface area contributed by atoms with Crippen molar-refractivity contribution in [1.82, 2.24) is 4.98 Å². The Bertz CT molecular complexity index is 1580. The number of methoxy groups -OCH3 is 1. The molecule has 12 heteroatoms. The average molecular weight is 595 g/mol. The molecule has 3 heterocycles. The van der Waals surface area contributed by atoms with Crippen LogP contribution in [0.15, 0.2) is 42.0 Å². The number of aliphatic hydroxyl groups excluding tert-OH is 1. The van der Waals surface area contributed by atoms with Gasteiger partial charge in [0.25, 0.3) is 5.78 Å². The fourth-order valence-corrected chi connectivity index (χ4v) is 5.76. The number of Topliss-reactive ketones (excluding diaryl/α,β-unsaturated/α-hetero) is 1. The number of carbonyl (C=O) groups is 3. The van der Waals surface area contributed by atoms with E-state index in [0.717, 1.165) is 17.8 Å². The van der Waals surface area contributed by atoms with E-state index in [-0.39, 0.29) is 21.1 Å². The molecule has 0 radical (unpaired) electrons. The molecule has 1 saturated heterocycles. The minimum Gasteiger partial charge on any atom is -0.507 e. The van der Waals surface area contributed by atoms with E-state index in [0.29, 0.717) is 60.7 Å². The summed E-state index contributed by atoms with van der Waals surface area (Å²) in [5.74, 6) is -1.00. The highest BCUT2D eigenvalue weighted by atomic mass is 32.1. The third-order valence-corrected chi connectivity index (χ3v) is 7.80. The molecule has 2 aliphatic heterocycles. The minimum atomic E-state index is -1.10. The second kappa shape index (κ2) is 12.1. The Morgan fingerprint density at radius 2 is 1.83 bits per heavy atom. The summed E-state index contributed by atoms with van der Waals surface area (Å²) in [5, 5.41) is 11.7. The van der Waals surface area contributed by atoms with Crippen LogP contribution in [-0.4, -0.2) is 61.3 Å². The first-order valence-electron chi connectivity index (χ1n) is 13.4. The molecular weight excluding hydrogens is 564 g/mol. The van der Waals surface area contributed by atoms with Gasteiger partial charge in [0.15, 0.2) is 28.1 Å². The van der Waals surface area contributed by atoms with E-state index in [1.54, 1.807) is 43.3 Å². The summed E-state index contributed by atoms with van der Waals surface area (Å²) < 4.78 is 27.8. The predicted octanol–water partition coefficient (Wildman–Crippen LogP) is 4.82. The van der Waals surface area contributed by atoms with Gasteiger partial charge >= 0.3 is 11.9 Å². The molecule has 2 aromatic carbocycles. The third kappa shape index (κ3) is 5.25. The first-order chi connectivity index (χ1) is 20.3. The van der Waals surface area contributed by atoms with E-state index < -0.39 is 29.5 Å². The first kappa shape index (κ1) is 28.9. The second-order valence-electron chi connectivity index (χ2n) is 9.42. The fourth-order valence-electron chi connectivity index (χ4n) is 4.75. The predicted molar refractivity (Wildman–Crippen MR) is 154 cm³/mol. The third-order valence-electron chi connectivity index (χ3n) is 6.67. The van der Waals surface area contributed by atoms with E-state index in [1.807, 2.05) is 13.8 Å². The number of ketones is 1. The molecule has 1 fully saturated rings. The number of ether oxygens (including phenoxy) is 5. The molecule has 1 atom stereocenters. The van der Waals surface area contributed by atoms with Gasteiger partial charge in [-0.2, -0.15) is 0 Å². The molecule has 0 spiro atoms. The molecule has 0 bridgehead atoms. The Hall–Kier alpha value is -4.58. The largest absolute Gasteiger partial charge is 0.507 e. The van der Waals surface area contributed by atoms with Crippen molar-refractivity contribution < 1.29 is 43.2 Å². The van der Waals surface area contributed by atoms with Gasteiger partial charge in [-0.25, -0.2) is 9.78 Å². The van der Waals surface area contributed by atoms with E-state index in [9.17, 15) is 19.5 Å². The maximum absolute atomic E-state index is 13.6. The van der Waals surface area contributed by atoms with Gasteiger partial charge < -0.3 is 28.8 Å². The lowest BCUT2D eigenvalue weighted by atomic mass is 9.95. The van der Waals surface area contributed by atoms with E-state index in [1.165, 1.54) is 12.0 Å². The molecule has 2 aliphatic rings. The summed E-state index contributed by atoms with van der Waals surface area (Å²) in [5.41, 5.74) is 0.912. The number of anilines is 1. The molecule has 5 rings (SSSR count). The molecule has 1 N–H and O–H groups in total. The Balaban J connectivity index is 1.70. The van der Waals surface area contributed by atoms with Gasteiger partial charge in [-0.1, -0.05) is 24.3 Å². The quantitative estimate of drug-likeness (QED) is 0.159. The normalized spacial score (nSPS) is 17.3. The minimum absolute atomic E-state index is 0.102. The number of esters is 1. The van der Waals surface area contributed by atoms with E-state index in [4.69, 9.17) is 23.7 Å². The van der Waals surface area contributed by atoms with Gasteiger partial charge in [0.1, 0.15) is 23.9 Å². The van der Waals surface area contributed by atoms with Gasteiger partial charge in [0.2, 0.25) is 0 Å². The zero-order chi connectivity index (χ0) is 30.0. The smallest absolute Gasteiger partial charge is 0.350 e. The van der Waals surface area contributed by atoms with Crippen molar-refractivity contribution in [3.05, 3.63) is 63.7 Å². The van der Waals surface area contributed by atoms with Gasteiger partial charge in [0.05, 0.1) is 37.6 Å². The number of hydrogen-bond donors (Lipinski definition) is 1. The maximum atomic E-state index is 13.6. The standard InChI is InChI=1S/C30H30N2O9S/c1-5-11-39-19-9-7-17(14-21(19)38-6-2)24-23(25(33)18-8-10-20-22(15-18)41-13-12-40-20)26(34)28(35)32(24)30-31-16(3)27(42-30)29(36)37-4/h7-10,14-15,24,33H,5-6,11-13H2,1-4H3/b25-23+/t24-/m1/s1. The summed E-state index contributed by atoms with van der Waals surface area (Å²) in [6.07, 6.45) is 0.787. The van der Waals surface area contributed by atoms with Crippen molar-refractivity contribution in [1.29, 1.82) is 0 Å². The van der Waals surface area contributed by atoms with Crippen LogP contribution in [0.5, 0.6) is 23.0 Å². The van der Waals surface area contributed by atoms with Gasteiger partial charge in [-0.15, -0.1) is 0 Å². The Morgan fingerprint density at radius 1 is 1.07 bits per heavy atom.